The molecular formula is C18H17F4NO3. The van der Waals surface area contributed by atoms with Gasteiger partial charge in [-0.25, -0.2) is 4.39 Å². The maximum Gasteiger partial charge on any atom is 0.393 e. The van der Waals surface area contributed by atoms with Crippen LogP contribution in [0.5, 0.6) is 0 Å². The summed E-state index contributed by atoms with van der Waals surface area (Å²) in [6.07, 6.45) is -4.56. The van der Waals surface area contributed by atoms with E-state index >= 15 is 0 Å². The summed E-state index contributed by atoms with van der Waals surface area (Å²) in [6, 6.07) is 7.54. The summed E-state index contributed by atoms with van der Waals surface area (Å²) >= 11 is 0. The minimum absolute atomic E-state index is 0.0800. The second kappa shape index (κ2) is 6.75. The standard InChI is InChI=1S/C18H17F4NO3/c1-10-6-11(19)2-4-13(10)16-5-3-12(26-16)7-23-8-14(17(24)25)15(9-23)18(20,21)22/h2-6,14-15H,7-9H2,1H3,(H,24,25)/t14-,15-/m1/s1. The predicted molar refractivity (Wildman–Crippen MR) is 84.8 cm³/mol. The van der Waals surface area contributed by atoms with Gasteiger partial charge in [-0.1, -0.05) is 0 Å². The molecule has 3 rings (SSSR count). The third kappa shape index (κ3) is 3.75. The molecule has 1 N–H and O–H groups in total. The highest BCUT2D eigenvalue weighted by atomic mass is 19.4. The van der Waals surface area contributed by atoms with Gasteiger partial charge in [0.15, 0.2) is 0 Å². The number of carbonyl (C=O) groups is 1. The second-order valence-corrected chi connectivity index (χ2v) is 6.51. The summed E-state index contributed by atoms with van der Waals surface area (Å²) in [5.74, 6) is -4.28. The number of furan rings is 1. The molecule has 2 aromatic rings. The molecule has 2 atom stereocenters. The van der Waals surface area contributed by atoms with Gasteiger partial charge in [-0.3, -0.25) is 9.69 Å². The minimum atomic E-state index is -4.56. The van der Waals surface area contributed by atoms with Gasteiger partial charge in [0.05, 0.1) is 18.4 Å². The molecule has 4 nitrogen and oxygen atoms in total. The third-order valence-corrected chi connectivity index (χ3v) is 4.63. The number of benzene rings is 1. The predicted octanol–water partition coefficient (Wildman–Crippen LogP) is 4.09. The number of rotatable bonds is 4. The van der Waals surface area contributed by atoms with Crippen LogP contribution in [0.1, 0.15) is 11.3 Å². The topological polar surface area (TPSA) is 53.7 Å². The van der Waals surface area contributed by atoms with E-state index in [1.54, 1.807) is 25.1 Å². The van der Waals surface area contributed by atoms with Crippen molar-refractivity contribution >= 4 is 5.97 Å². The molecule has 1 aromatic heterocycles. The van der Waals surface area contributed by atoms with Crippen molar-refractivity contribution in [3.63, 3.8) is 0 Å². The van der Waals surface area contributed by atoms with Crippen molar-refractivity contribution in [3.8, 4) is 11.3 Å². The first-order valence-corrected chi connectivity index (χ1v) is 8.02. The number of carboxylic acids is 1. The van der Waals surface area contributed by atoms with E-state index in [-0.39, 0.29) is 25.5 Å². The molecule has 1 fully saturated rings. The lowest BCUT2D eigenvalue weighted by Crippen LogP contribution is -2.33. The fraction of sp³-hybridized carbons (Fsp3) is 0.389. The summed E-state index contributed by atoms with van der Waals surface area (Å²) in [5.41, 5.74) is 1.37. The van der Waals surface area contributed by atoms with E-state index in [0.29, 0.717) is 22.6 Å². The Morgan fingerprint density at radius 1 is 1.27 bits per heavy atom. The first-order valence-electron chi connectivity index (χ1n) is 8.02. The molecule has 1 aliphatic rings. The summed E-state index contributed by atoms with van der Waals surface area (Å²) in [7, 11) is 0. The molecule has 1 aromatic carbocycles. The van der Waals surface area contributed by atoms with E-state index < -0.39 is 24.0 Å². The number of aliphatic carboxylic acids is 1. The molecule has 0 amide bonds. The van der Waals surface area contributed by atoms with Gasteiger partial charge >= 0.3 is 12.1 Å². The number of nitrogens with zero attached hydrogens (tertiary/aromatic N) is 1. The molecule has 0 aliphatic carbocycles. The van der Waals surface area contributed by atoms with Gasteiger partial charge in [-0.05, 0) is 42.8 Å². The number of likely N-dealkylation sites (tertiary alicyclic amines) is 1. The number of hydrogen-bond donors (Lipinski definition) is 1. The van der Waals surface area contributed by atoms with Crippen molar-refractivity contribution in [1.29, 1.82) is 0 Å². The number of aryl methyl sites for hydroxylation is 1. The summed E-state index contributed by atoms with van der Waals surface area (Å²) in [4.78, 5) is 12.6. The van der Waals surface area contributed by atoms with E-state index in [4.69, 9.17) is 9.52 Å². The van der Waals surface area contributed by atoms with Crippen LogP contribution >= 0.6 is 0 Å². The van der Waals surface area contributed by atoms with Crippen LogP contribution in [-0.4, -0.2) is 35.2 Å². The lowest BCUT2D eigenvalue weighted by atomic mass is 9.96. The van der Waals surface area contributed by atoms with Gasteiger partial charge in [-0.15, -0.1) is 0 Å². The Morgan fingerprint density at radius 2 is 2.00 bits per heavy atom. The molecule has 0 bridgehead atoms. The Bertz CT molecular complexity index is 815. The molecule has 0 unspecified atom stereocenters. The van der Waals surface area contributed by atoms with Gasteiger partial charge in [0.1, 0.15) is 17.3 Å². The Balaban J connectivity index is 1.74. The van der Waals surface area contributed by atoms with Crippen LogP contribution in [0, 0.1) is 24.6 Å². The molecule has 140 valence electrons. The normalized spacial score (nSPS) is 21.3. The minimum Gasteiger partial charge on any atom is -0.481 e. The maximum atomic E-state index is 13.2. The zero-order valence-corrected chi connectivity index (χ0v) is 13.9. The Kier molecular flexibility index (Phi) is 4.79. The van der Waals surface area contributed by atoms with Gasteiger partial charge in [0.2, 0.25) is 0 Å². The van der Waals surface area contributed by atoms with Crippen molar-refractivity contribution < 1.29 is 31.9 Å². The van der Waals surface area contributed by atoms with Crippen molar-refractivity contribution in [1.82, 2.24) is 4.90 Å². The van der Waals surface area contributed by atoms with E-state index in [1.165, 1.54) is 17.0 Å². The van der Waals surface area contributed by atoms with E-state index in [0.717, 1.165) is 0 Å². The molecule has 26 heavy (non-hydrogen) atoms. The molecule has 0 radical (unpaired) electrons. The summed E-state index contributed by atoms with van der Waals surface area (Å²) < 4.78 is 58.0. The molecule has 0 spiro atoms. The average molecular weight is 371 g/mol. The van der Waals surface area contributed by atoms with Gasteiger partial charge in [-0.2, -0.15) is 13.2 Å². The monoisotopic (exact) mass is 371 g/mol. The Labute approximate surface area is 147 Å². The molecule has 1 saturated heterocycles. The van der Waals surface area contributed by atoms with E-state index in [9.17, 15) is 22.4 Å². The highest BCUT2D eigenvalue weighted by Gasteiger charge is 2.52. The molecule has 0 saturated carbocycles. The number of hydrogen-bond acceptors (Lipinski definition) is 3. The highest BCUT2D eigenvalue weighted by molar-refractivity contribution is 5.71. The Morgan fingerprint density at radius 3 is 2.58 bits per heavy atom. The van der Waals surface area contributed by atoms with E-state index in [2.05, 4.69) is 0 Å². The molecular weight excluding hydrogens is 354 g/mol. The quantitative estimate of drug-likeness (QED) is 0.823. The largest absolute Gasteiger partial charge is 0.481 e. The SMILES string of the molecule is Cc1cc(F)ccc1-c1ccc(CN2C[C@@H](C(F)(F)F)[C@H](C(=O)O)C2)o1. The van der Waals surface area contributed by atoms with Crippen molar-refractivity contribution in [2.24, 2.45) is 11.8 Å². The van der Waals surface area contributed by atoms with Gasteiger partial charge in [0, 0.05) is 18.7 Å². The maximum absolute atomic E-state index is 13.2. The summed E-state index contributed by atoms with van der Waals surface area (Å²) in [6.45, 7) is 1.24. The number of carboxylic acid groups (broad SMARTS) is 1. The molecule has 2 heterocycles. The van der Waals surface area contributed by atoms with Crippen LogP contribution < -0.4 is 0 Å². The van der Waals surface area contributed by atoms with Gasteiger partial charge < -0.3 is 9.52 Å². The lowest BCUT2D eigenvalue weighted by molar-refractivity contribution is -0.188. The average Bonchev–Trinajstić information content (AvgIpc) is 3.14. The lowest BCUT2D eigenvalue weighted by Gasteiger charge is -2.18. The van der Waals surface area contributed by atoms with E-state index in [1.807, 2.05) is 0 Å². The molecule has 1 aliphatic heterocycles. The number of alkyl halides is 3. The van der Waals surface area contributed by atoms with Crippen LogP contribution in [0.2, 0.25) is 0 Å². The first kappa shape index (κ1) is 18.4. The van der Waals surface area contributed by atoms with Crippen LogP contribution in [0.15, 0.2) is 34.7 Å². The fourth-order valence-electron chi connectivity index (χ4n) is 3.33. The third-order valence-electron chi connectivity index (χ3n) is 4.63. The van der Waals surface area contributed by atoms with Crippen molar-refractivity contribution in [2.45, 2.75) is 19.6 Å². The van der Waals surface area contributed by atoms with Crippen LogP contribution in [-0.2, 0) is 11.3 Å². The van der Waals surface area contributed by atoms with Crippen molar-refractivity contribution in [3.05, 3.63) is 47.5 Å². The van der Waals surface area contributed by atoms with Crippen LogP contribution in [0.4, 0.5) is 17.6 Å². The summed E-state index contributed by atoms with van der Waals surface area (Å²) in [5, 5.41) is 9.06. The smallest absolute Gasteiger partial charge is 0.393 e. The zero-order chi connectivity index (χ0) is 19.1. The second-order valence-electron chi connectivity index (χ2n) is 6.51. The van der Waals surface area contributed by atoms with Gasteiger partial charge in [0.25, 0.3) is 0 Å². The first-order chi connectivity index (χ1) is 12.1. The van der Waals surface area contributed by atoms with Crippen LogP contribution in [0.25, 0.3) is 11.3 Å². The fourth-order valence-corrected chi connectivity index (χ4v) is 3.33. The zero-order valence-electron chi connectivity index (χ0n) is 13.9. The molecule has 8 heteroatoms. The Hall–Kier alpha value is -2.35. The number of halogens is 4. The highest BCUT2D eigenvalue weighted by Crippen LogP contribution is 2.38. The van der Waals surface area contributed by atoms with Crippen molar-refractivity contribution in [2.75, 3.05) is 13.1 Å². The van der Waals surface area contributed by atoms with Crippen LogP contribution in [0.3, 0.4) is 0 Å².